The molecule has 0 amide bonds. The van der Waals surface area contributed by atoms with E-state index in [9.17, 15) is 13.2 Å². The second-order valence-corrected chi connectivity index (χ2v) is 3.26. The molecule has 15 heavy (non-hydrogen) atoms. The van der Waals surface area contributed by atoms with Gasteiger partial charge in [-0.2, -0.15) is 25.8 Å². The summed E-state index contributed by atoms with van der Waals surface area (Å²) < 4.78 is 40.3. The Morgan fingerprint density at radius 3 is 2.67 bits per heavy atom. The minimum Gasteiger partial charge on any atom is -0.484 e. The number of pyridine rings is 1. The number of rotatable bonds is 3. The third-order valence-corrected chi connectivity index (χ3v) is 2.10. The molecule has 0 radical (unpaired) electrons. The highest BCUT2D eigenvalue weighted by Crippen LogP contribution is 2.23. The highest BCUT2D eigenvalue weighted by atomic mass is 32.1. The van der Waals surface area contributed by atoms with E-state index in [0.717, 1.165) is 0 Å². The van der Waals surface area contributed by atoms with Crippen LogP contribution in [0.5, 0.6) is 5.75 Å². The Kier molecular flexibility index (Phi) is 3.84. The molecule has 0 saturated carbocycles. The maximum Gasteiger partial charge on any atom is 0.422 e. The molecule has 1 rings (SSSR count). The number of hydrogen-bond donors (Lipinski definition) is 1. The van der Waals surface area contributed by atoms with Crippen LogP contribution >= 0.6 is 12.6 Å². The Morgan fingerprint density at radius 1 is 1.47 bits per heavy atom. The first-order valence-electron chi connectivity index (χ1n) is 4.19. The first kappa shape index (κ1) is 12.2. The zero-order valence-electron chi connectivity index (χ0n) is 8.01. The van der Waals surface area contributed by atoms with Gasteiger partial charge >= 0.3 is 6.18 Å². The van der Waals surface area contributed by atoms with Gasteiger partial charge in [-0.25, -0.2) is 0 Å². The van der Waals surface area contributed by atoms with Crippen LogP contribution in [0.4, 0.5) is 13.2 Å². The number of thiol groups is 1. The smallest absolute Gasteiger partial charge is 0.422 e. The summed E-state index contributed by atoms with van der Waals surface area (Å²) in [5.41, 5.74) is 1.22. The standard InChI is InChI=1S/C9H10F3NOS/c1-6-7(4-15)13-3-2-8(6)14-5-9(10,11)12/h2-3,15H,4-5H2,1H3. The average molecular weight is 237 g/mol. The maximum absolute atomic E-state index is 11.9. The van der Waals surface area contributed by atoms with Crippen LogP contribution in [0.15, 0.2) is 12.3 Å². The molecular weight excluding hydrogens is 227 g/mol. The zero-order valence-corrected chi connectivity index (χ0v) is 8.90. The third-order valence-electron chi connectivity index (χ3n) is 1.80. The lowest BCUT2D eigenvalue weighted by molar-refractivity contribution is -0.153. The van der Waals surface area contributed by atoms with Crippen molar-refractivity contribution in [2.45, 2.75) is 18.9 Å². The van der Waals surface area contributed by atoms with Crippen molar-refractivity contribution >= 4 is 12.6 Å². The van der Waals surface area contributed by atoms with Crippen LogP contribution in [0.25, 0.3) is 0 Å². The summed E-state index contributed by atoms with van der Waals surface area (Å²) in [6, 6.07) is 1.41. The number of nitrogens with zero attached hydrogens (tertiary/aromatic N) is 1. The molecule has 0 unspecified atom stereocenters. The van der Waals surface area contributed by atoms with Gasteiger partial charge in [0.15, 0.2) is 6.61 Å². The van der Waals surface area contributed by atoms with E-state index in [4.69, 9.17) is 0 Å². The molecule has 2 nitrogen and oxygen atoms in total. The monoisotopic (exact) mass is 237 g/mol. The topological polar surface area (TPSA) is 22.1 Å². The summed E-state index contributed by atoms with van der Waals surface area (Å²) >= 11 is 4.01. The Balaban J connectivity index is 2.78. The Labute approximate surface area is 90.9 Å². The molecular formula is C9H10F3NOS. The van der Waals surface area contributed by atoms with Gasteiger partial charge in [-0.3, -0.25) is 4.98 Å². The van der Waals surface area contributed by atoms with Crippen molar-refractivity contribution < 1.29 is 17.9 Å². The van der Waals surface area contributed by atoms with Crippen molar-refractivity contribution in [2.75, 3.05) is 6.61 Å². The average Bonchev–Trinajstić information content (AvgIpc) is 2.15. The van der Waals surface area contributed by atoms with Crippen molar-refractivity contribution in [3.63, 3.8) is 0 Å². The van der Waals surface area contributed by atoms with Gasteiger partial charge in [0, 0.05) is 17.5 Å². The van der Waals surface area contributed by atoms with Crippen molar-refractivity contribution in [3.05, 3.63) is 23.5 Å². The van der Waals surface area contributed by atoms with Crippen molar-refractivity contribution in [3.8, 4) is 5.75 Å². The zero-order chi connectivity index (χ0) is 11.5. The fraction of sp³-hybridized carbons (Fsp3) is 0.444. The van der Waals surface area contributed by atoms with Crippen molar-refractivity contribution in [1.29, 1.82) is 0 Å². The molecule has 0 aromatic carbocycles. The van der Waals surface area contributed by atoms with Gasteiger partial charge in [-0.05, 0) is 13.0 Å². The maximum atomic E-state index is 11.9. The fourth-order valence-corrected chi connectivity index (χ4v) is 1.35. The number of aromatic nitrogens is 1. The quantitative estimate of drug-likeness (QED) is 0.816. The minimum absolute atomic E-state index is 0.200. The first-order valence-corrected chi connectivity index (χ1v) is 4.82. The Bertz CT molecular complexity index is 341. The van der Waals surface area contributed by atoms with E-state index >= 15 is 0 Å². The van der Waals surface area contributed by atoms with Crippen LogP contribution in [-0.2, 0) is 5.75 Å². The molecule has 0 aliphatic heterocycles. The van der Waals surface area contributed by atoms with Crippen LogP contribution in [-0.4, -0.2) is 17.8 Å². The predicted octanol–water partition coefficient (Wildman–Crippen LogP) is 2.76. The van der Waals surface area contributed by atoms with Crippen molar-refractivity contribution in [2.24, 2.45) is 0 Å². The molecule has 0 fully saturated rings. The summed E-state index contributed by atoms with van der Waals surface area (Å²) in [6.07, 6.45) is -2.92. The molecule has 84 valence electrons. The normalized spacial score (nSPS) is 11.5. The Morgan fingerprint density at radius 2 is 2.13 bits per heavy atom. The lowest BCUT2D eigenvalue weighted by Gasteiger charge is -2.12. The van der Waals surface area contributed by atoms with Gasteiger partial charge < -0.3 is 4.74 Å². The summed E-state index contributed by atoms with van der Waals surface area (Å²) in [5, 5.41) is 0. The van der Waals surface area contributed by atoms with E-state index in [1.807, 2.05) is 0 Å². The van der Waals surface area contributed by atoms with Crippen LogP contribution < -0.4 is 4.74 Å². The van der Waals surface area contributed by atoms with Crippen LogP contribution in [0.3, 0.4) is 0 Å². The van der Waals surface area contributed by atoms with Crippen LogP contribution in [0, 0.1) is 6.92 Å². The molecule has 1 heterocycles. The predicted molar refractivity (Wildman–Crippen MR) is 53.2 cm³/mol. The molecule has 6 heteroatoms. The van der Waals surface area contributed by atoms with Gasteiger partial charge in [0.2, 0.25) is 0 Å². The highest BCUT2D eigenvalue weighted by molar-refractivity contribution is 7.79. The fourth-order valence-electron chi connectivity index (χ4n) is 1.03. The van der Waals surface area contributed by atoms with E-state index in [1.54, 1.807) is 6.92 Å². The summed E-state index contributed by atoms with van der Waals surface area (Å²) in [4.78, 5) is 3.96. The number of ether oxygens (including phenoxy) is 1. The van der Waals surface area contributed by atoms with Gasteiger partial charge in [0.05, 0.1) is 5.69 Å². The third kappa shape index (κ3) is 3.62. The lowest BCUT2D eigenvalue weighted by atomic mass is 10.2. The van der Waals surface area contributed by atoms with Crippen molar-refractivity contribution in [1.82, 2.24) is 4.98 Å². The van der Waals surface area contributed by atoms with E-state index < -0.39 is 12.8 Å². The van der Waals surface area contributed by atoms with E-state index in [0.29, 0.717) is 17.0 Å². The largest absolute Gasteiger partial charge is 0.484 e. The lowest BCUT2D eigenvalue weighted by Crippen LogP contribution is -2.19. The van der Waals surface area contributed by atoms with E-state index in [2.05, 4.69) is 22.3 Å². The molecule has 0 spiro atoms. The first-order chi connectivity index (χ1) is 6.94. The molecule has 0 aliphatic carbocycles. The number of halogens is 3. The number of hydrogen-bond acceptors (Lipinski definition) is 3. The van der Waals surface area contributed by atoms with E-state index in [1.165, 1.54) is 12.3 Å². The van der Waals surface area contributed by atoms with Gasteiger partial charge in [0.25, 0.3) is 0 Å². The molecule has 0 N–H and O–H groups in total. The second kappa shape index (κ2) is 4.74. The second-order valence-electron chi connectivity index (χ2n) is 2.94. The molecule has 1 aromatic heterocycles. The van der Waals surface area contributed by atoms with Crippen LogP contribution in [0.2, 0.25) is 0 Å². The molecule has 0 atom stereocenters. The summed E-state index contributed by atoms with van der Waals surface area (Å²) in [7, 11) is 0. The number of alkyl halides is 3. The summed E-state index contributed by atoms with van der Waals surface area (Å²) in [6.45, 7) is 0.369. The van der Waals surface area contributed by atoms with E-state index in [-0.39, 0.29) is 5.75 Å². The molecule has 0 aliphatic rings. The molecule has 0 saturated heterocycles. The van der Waals surface area contributed by atoms with Gasteiger partial charge in [0.1, 0.15) is 5.75 Å². The van der Waals surface area contributed by atoms with Gasteiger partial charge in [-0.15, -0.1) is 0 Å². The Hall–Kier alpha value is -0.910. The van der Waals surface area contributed by atoms with Crippen LogP contribution in [0.1, 0.15) is 11.3 Å². The highest BCUT2D eigenvalue weighted by Gasteiger charge is 2.28. The summed E-state index contributed by atoms with van der Waals surface area (Å²) in [5.74, 6) is 0.570. The minimum atomic E-state index is -4.32. The molecule has 1 aromatic rings. The SMILES string of the molecule is Cc1c(OCC(F)(F)F)ccnc1CS. The van der Waals surface area contributed by atoms with Gasteiger partial charge in [-0.1, -0.05) is 0 Å². The molecule has 0 bridgehead atoms.